The minimum absolute atomic E-state index is 0.0475. The minimum atomic E-state index is -4.73. The Morgan fingerprint density at radius 3 is 1.97 bits per heavy atom. The molecule has 1 aliphatic rings. The van der Waals surface area contributed by atoms with Crippen LogP contribution in [0.3, 0.4) is 0 Å². The molecule has 0 atom stereocenters. The maximum absolute atomic E-state index is 13.8. The normalized spacial score (nSPS) is 14.0. The Kier molecular flexibility index (Phi) is 8.28. The van der Waals surface area contributed by atoms with E-state index in [0.29, 0.717) is 12.8 Å². The van der Waals surface area contributed by atoms with Gasteiger partial charge in [-0.1, -0.05) is 42.5 Å². The first-order chi connectivity index (χ1) is 18.6. The van der Waals surface area contributed by atoms with E-state index in [1.165, 1.54) is 41.4 Å². The van der Waals surface area contributed by atoms with E-state index in [2.05, 4.69) is 11.6 Å². The van der Waals surface area contributed by atoms with Crippen molar-refractivity contribution in [2.45, 2.75) is 25.9 Å². The highest BCUT2D eigenvalue weighted by molar-refractivity contribution is 5.96. The van der Waals surface area contributed by atoms with Gasteiger partial charge < -0.3 is 4.90 Å². The second-order valence-electron chi connectivity index (χ2n) is 8.96. The number of halogens is 5. The van der Waals surface area contributed by atoms with Gasteiger partial charge in [-0.15, -0.1) is 0 Å². The summed E-state index contributed by atoms with van der Waals surface area (Å²) in [6, 6.07) is 13.3. The molecule has 1 aromatic heterocycles. The van der Waals surface area contributed by atoms with Gasteiger partial charge in [-0.3, -0.25) is 0 Å². The average molecular weight is 540 g/mol. The first-order valence-corrected chi connectivity index (χ1v) is 12.3. The van der Waals surface area contributed by atoms with Gasteiger partial charge in [0.05, 0.1) is 5.56 Å². The molecule has 2 amide bonds. The van der Waals surface area contributed by atoms with Crippen molar-refractivity contribution in [1.82, 2.24) is 9.88 Å². The number of likely N-dealkylation sites (tertiary alicyclic amines) is 1. The zero-order chi connectivity index (χ0) is 28.2. The number of allylic oxidation sites excluding steroid dienone is 2. The molecule has 4 rings (SSSR count). The van der Waals surface area contributed by atoms with E-state index in [9.17, 15) is 26.7 Å². The molecule has 9 heteroatoms. The van der Waals surface area contributed by atoms with Gasteiger partial charge in [0, 0.05) is 25.0 Å². The summed E-state index contributed by atoms with van der Waals surface area (Å²) in [4.78, 5) is 19.9. The molecular formula is C30H26F5N3O. The number of piperidine rings is 1. The highest BCUT2D eigenvalue weighted by atomic mass is 19.4. The van der Waals surface area contributed by atoms with Crippen molar-refractivity contribution in [3.05, 3.63) is 125 Å². The topological polar surface area (TPSA) is 36.4 Å². The Bertz CT molecular complexity index is 1350. The number of carbonyl (C=O) groups excluding carboxylic acids is 1. The fourth-order valence-electron chi connectivity index (χ4n) is 4.58. The van der Waals surface area contributed by atoms with Gasteiger partial charge in [0.2, 0.25) is 0 Å². The van der Waals surface area contributed by atoms with Crippen molar-refractivity contribution in [3.8, 4) is 0 Å². The molecule has 3 aromatic rings. The Balaban J connectivity index is 1.67. The highest BCUT2D eigenvalue weighted by Gasteiger charge is 2.38. The molecule has 0 spiro atoms. The lowest BCUT2D eigenvalue weighted by molar-refractivity contribution is -0.137. The SMILES string of the molecule is C=C(/C=C\C)N(C(=O)N1CCC(=C(c2ccc(F)cc2)c2ccc(F)cc2)CC1)c1ncccc1C(F)(F)F. The Hall–Kier alpha value is -4.27. The first-order valence-electron chi connectivity index (χ1n) is 12.3. The summed E-state index contributed by atoms with van der Waals surface area (Å²) < 4.78 is 68.6. The molecule has 39 heavy (non-hydrogen) atoms. The predicted octanol–water partition coefficient (Wildman–Crippen LogP) is 7.99. The molecule has 1 saturated heterocycles. The quantitative estimate of drug-likeness (QED) is 0.243. The van der Waals surface area contributed by atoms with Crippen molar-refractivity contribution in [2.24, 2.45) is 0 Å². The number of aromatic nitrogens is 1. The van der Waals surface area contributed by atoms with Crippen molar-refractivity contribution < 1.29 is 26.7 Å². The highest BCUT2D eigenvalue weighted by Crippen LogP contribution is 2.38. The number of carbonyl (C=O) groups is 1. The first kappa shape index (κ1) is 27.8. The van der Waals surface area contributed by atoms with Crippen LogP contribution in [0.1, 0.15) is 36.5 Å². The van der Waals surface area contributed by atoms with Crippen molar-refractivity contribution >= 4 is 17.4 Å². The van der Waals surface area contributed by atoms with Crippen LogP contribution < -0.4 is 4.90 Å². The van der Waals surface area contributed by atoms with E-state index in [1.54, 1.807) is 37.3 Å². The number of anilines is 1. The zero-order valence-electron chi connectivity index (χ0n) is 21.2. The van der Waals surface area contributed by atoms with Crippen molar-refractivity contribution in [2.75, 3.05) is 18.0 Å². The van der Waals surface area contributed by atoms with Gasteiger partial charge in [-0.2, -0.15) is 13.2 Å². The molecule has 2 heterocycles. The van der Waals surface area contributed by atoms with Gasteiger partial charge in [0.25, 0.3) is 0 Å². The van der Waals surface area contributed by atoms with Crippen LogP contribution in [-0.2, 0) is 6.18 Å². The van der Waals surface area contributed by atoms with Crippen LogP contribution in [0.25, 0.3) is 5.57 Å². The number of rotatable bonds is 5. The maximum atomic E-state index is 13.8. The lowest BCUT2D eigenvalue weighted by Gasteiger charge is -2.35. The number of amides is 2. The van der Waals surface area contributed by atoms with Crippen LogP contribution in [-0.4, -0.2) is 29.0 Å². The van der Waals surface area contributed by atoms with Crippen LogP contribution in [0.15, 0.2) is 96.9 Å². The van der Waals surface area contributed by atoms with E-state index in [1.807, 2.05) is 0 Å². The Labute approximate surface area is 223 Å². The van der Waals surface area contributed by atoms with E-state index in [-0.39, 0.29) is 18.8 Å². The molecule has 1 fully saturated rings. The van der Waals surface area contributed by atoms with Gasteiger partial charge in [-0.05, 0) is 78.9 Å². The third-order valence-electron chi connectivity index (χ3n) is 6.40. The monoisotopic (exact) mass is 539 g/mol. The number of nitrogens with zero attached hydrogens (tertiary/aromatic N) is 3. The number of hydrogen-bond donors (Lipinski definition) is 0. The Morgan fingerprint density at radius 1 is 0.949 bits per heavy atom. The fraction of sp³-hybridized carbons (Fsp3) is 0.200. The molecule has 0 N–H and O–H groups in total. The van der Waals surface area contributed by atoms with Crippen molar-refractivity contribution in [3.63, 3.8) is 0 Å². The number of alkyl halides is 3. The minimum Gasteiger partial charge on any atom is -0.323 e. The molecule has 0 radical (unpaired) electrons. The predicted molar refractivity (Wildman–Crippen MR) is 141 cm³/mol. The van der Waals surface area contributed by atoms with Gasteiger partial charge in [0.15, 0.2) is 5.82 Å². The Morgan fingerprint density at radius 2 is 1.49 bits per heavy atom. The van der Waals surface area contributed by atoms with Crippen LogP contribution in [0, 0.1) is 11.6 Å². The van der Waals surface area contributed by atoms with E-state index in [0.717, 1.165) is 39.3 Å². The molecule has 0 saturated carbocycles. The van der Waals surface area contributed by atoms with Crippen LogP contribution in [0.2, 0.25) is 0 Å². The van der Waals surface area contributed by atoms with Crippen LogP contribution in [0.4, 0.5) is 32.6 Å². The molecule has 202 valence electrons. The number of urea groups is 1. The summed E-state index contributed by atoms with van der Waals surface area (Å²) in [5.41, 5.74) is 2.25. The summed E-state index contributed by atoms with van der Waals surface area (Å²) >= 11 is 0. The molecule has 0 unspecified atom stereocenters. The molecule has 1 aliphatic heterocycles. The van der Waals surface area contributed by atoms with Crippen LogP contribution in [0.5, 0.6) is 0 Å². The number of hydrogen-bond acceptors (Lipinski definition) is 2. The largest absolute Gasteiger partial charge is 0.419 e. The molecular weight excluding hydrogens is 513 g/mol. The van der Waals surface area contributed by atoms with Gasteiger partial charge >= 0.3 is 12.2 Å². The number of benzene rings is 2. The van der Waals surface area contributed by atoms with Gasteiger partial charge in [-0.25, -0.2) is 23.5 Å². The standard InChI is InChI=1S/C30H26F5N3O/c1-3-5-20(2)38(28-26(30(33,34)35)6-4-17-36-28)29(39)37-18-15-23(16-19-37)27(21-7-11-24(31)12-8-21)22-9-13-25(32)14-10-22/h3-14,17H,2,15-16,18-19H2,1H3/b5-3-. The summed E-state index contributed by atoms with van der Waals surface area (Å²) in [5.74, 6) is -1.33. The lowest BCUT2D eigenvalue weighted by Crippen LogP contribution is -2.46. The molecule has 0 aliphatic carbocycles. The summed E-state index contributed by atoms with van der Waals surface area (Å²) in [6.07, 6.45) is 0.316. The van der Waals surface area contributed by atoms with E-state index in [4.69, 9.17) is 0 Å². The fourth-order valence-corrected chi connectivity index (χ4v) is 4.58. The summed E-state index contributed by atoms with van der Waals surface area (Å²) in [5, 5.41) is 0. The molecule has 2 aromatic carbocycles. The maximum Gasteiger partial charge on any atom is 0.419 e. The molecule has 0 bridgehead atoms. The third kappa shape index (κ3) is 6.25. The summed E-state index contributed by atoms with van der Waals surface area (Å²) in [6.45, 7) is 5.91. The van der Waals surface area contributed by atoms with E-state index < -0.39 is 35.2 Å². The molecule has 4 nitrogen and oxygen atoms in total. The second-order valence-corrected chi connectivity index (χ2v) is 8.96. The third-order valence-corrected chi connectivity index (χ3v) is 6.40. The summed E-state index contributed by atoms with van der Waals surface area (Å²) in [7, 11) is 0. The van der Waals surface area contributed by atoms with Crippen LogP contribution >= 0.6 is 0 Å². The van der Waals surface area contributed by atoms with E-state index >= 15 is 0 Å². The zero-order valence-corrected chi connectivity index (χ0v) is 21.2. The van der Waals surface area contributed by atoms with Crippen molar-refractivity contribution in [1.29, 1.82) is 0 Å². The second kappa shape index (κ2) is 11.6. The van der Waals surface area contributed by atoms with Gasteiger partial charge in [0.1, 0.15) is 11.6 Å². The smallest absolute Gasteiger partial charge is 0.323 e. The average Bonchev–Trinajstić information content (AvgIpc) is 2.91. The lowest BCUT2D eigenvalue weighted by atomic mass is 9.88. The number of pyridine rings is 1.